The molecule has 0 bridgehead atoms. The molecule has 2 heterocycles. The van der Waals surface area contributed by atoms with E-state index in [9.17, 15) is 4.79 Å². The zero-order valence-corrected chi connectivity index (χ0v) is 13.0. The number of nitrogens with zero attached hydrogens (tertiary/aromatic N) is 2. The van der Waals surface area contributed by atoms with Crippen LogP contribution in [-0.2, 0) is 14.3 Å². The molecule has 2 atom stereocenters. The van der Waals surface area contributed by atoms with Crippen LogP contribution in [0.25, 0.3) is 0 Å². The van der Waals surface area contributed by atoms with Gasteiger partial charge in [0.1, 0.15) is 5.82 Å². The molecule has 0 aliphatic carbocycles. The van der Waals surface area contributed by atoms with Crippen LogP contribution in [-0.4, -0.2) is 61.9 Å². The number of aromatic nitrogens is 1. The van der Waals surface area contributed by atoms with Gasteiger partial charge in [0, 0.05) is 33.0 Å². The number of anilines is 1. The van der Waals surface area contributed by atoms with E-state index in [1.807, 2.05) is 0 Å². The molecule has 0 radical (unpaired) electrons. The van der Waals surface area contributed by atoms with Gasteiger partial charge < -0.3 is 14.8 Å². The number of hydrogen-bond acceptors (Lipinski definition) is 5. The highest BCUT2D eigenvalue weighted by molar-refractivity contribution is 6.30. The van der Waals surface area contributed by atoms with Crippen molar-refractivity contribution in [3.8, 4) is 0 Å². The van der Waals surface area contributed by atoms with Crippen molar-refractivity contribution in [2.45, 2.75) is 18.6 Å². The van der Waals surface area contributed by atoms with Crippen LogP contribution in [0.1, 0.15) is 6.42 Å². The Hall–Kier alpha value is -1.21. The minimum Gasteiger partial charge on any atom is -0.383 e. The first-order valence-electron chi connectivity index (χ1n) is 6.79. The molecule has 0 aromatic carbocycles. The minimum absolute atomic E-state index is 0.109. The third-order valence-electron chi connectivity index (χ3n) is 3.52. The first-order valence-corrected chi connectivity index (χ1v) is 7.17. The fourth-order valence-electron chi connectivity index (χ4n) is 2.48. The maximum absolute atomic E-state index is 12.1. The normalized spacial score (nSPS) is 22.4. The van der Waals surface area contributed by atoms with Gasteiger partial charge in [-0.3, -0.25) is 9.69 Å². The molecule has 1 fully saturated rings. The fourth-order valence-corrected chi connectivity index (χ4v) is 2.60. The molecule has 21 heavy (non-hydrogen) atoms. The number of pyridine rings is 1. The van der Waals surface area contributed by atoms with Crippen LogP contribution >= 0.6 is 11.6 Å². The number of amides is 1. The lowest BCUT2D eigenvalue weighted by Crippen LogP contribution is -2.39. The average molecular weight is 314 g/mol. The Morgan fingerprint density at radius 2 is 2.33 bits per heavy atom. The molecule has 1 aromatic rings. The van der Waals surface area contributed by atoms with Gasteiger partial charge in [0.05, 0.1) is 24.3 Å². The molecule has 0 spiro atoms. The van der Waals surface area contributed by atoms with Crippen LogP contribution in [0.3, 0.4) is 0 Å². The second kappa shape index (κ2) is 7.70. The number of methoxy groups -OCH3 is 2. The van der Waals surface area contributed by atoms with Crippen molar-refractivity contribution in [1.29, 1.82) is 0 Å². The highest BCUT2D eigenvalue weighted by Gasteiger charge is 2.33. The molecular formula is C14H20ClN3O3. The lowest BCUT2D eigenvalue weighted by atomic mass is 10.2. The molecule has 1 saturated heterocycles. The summed E-state index contributed by atoms with van der Waals surface area (Å²) in [6.07, 6.45) is 2.52. The van der Waals surface area contributed by atoms with Gasteiger partial charge in [0.25, 0.3) is 0 Å². The van der Waals surface area contributed by atoms with E-state index >= 15 is 0 Å². The van der Waals surface area contributed by atoms with E-state index in [1.54, 1.807) is 26.4 Å². The van der Waals surface area contributed by atoms with E-state index in [2.05, 4.69) is 15.2 Å². The molecular weight excluding hydrogens is 294 g/mol. The van der Waals surface area contributed by atoms with Crippen molar-refractivity contribution < 1.29 is 14.3 Å². The van der Waals surface area contributed by atoms with Gasteiger partial charge in [-0.1, -0.05) is 11.6 Å². The quantitative estimate of drug-likeness (QED) is 0.860. The maximum Gasteiger partial charge on any atom is 0.239 e. The van der Waals surface area contributed by atoms with Crippen molar-refractivity contribution in [1.82, 2.24) is 9.88 Å². The highest BCUT2D eigenvalue weighted by atomic mass is 35.5. The molecule has 1 N–H and O–H groups in total. The van der Waals surface area contributed by atoms with Gasteiger partial charge in [0.15, 0.2) is 0 Å². The van der Waals surface area contributed by atoms with E-state index in [0.29, 0.717) is 17.4 Å². The highest BCUT2D eigenvalue weighted by Crippen LogP contribution is 2.20. The SMILES string of the molecule is COC[C@@H]1C[C@H](OC)CN1CC(=O)Nc1ccc(Cl)cn1. The largest absolute Gasteiger partial charge is 0.383 e. The Balaban J connectivity index is 1.89. The van der Waals surface area contributed by atoms with E-state index in [0.717, 1.165) is 13.0 Å². The van der Waals surface area contributed by atoms with Gasteiger partial charge in [-0.15, -0.1) is 0 Å². The molecule has 1 aliphatic heterocycles. The van der Waals surface area contributed by atoms with E-state index < -0.39 is 0 Å². The van der Waals surface area contributed by atoms with Crippen molar-refractivity contribution in [2.24, 2.45) is 0 Å². The first-order chi connectivity index (χ1) is 10.1. The Kier molecular flexibility index (Phi) is 5.93. The lowest BCUT2D eigenvalue weighted by Gasteiger charge is -2.22. The van der Waals surface area contributed by atoms with Crippen LogP contribution < -0.4 is 5.32 Å². The topological polar surface area (TPSA) is 63.7 Å². The van der Waals surface area contributed by atoms with Crippen LogP contribution in [0.15, 0.2) is 18.3 Å². The molecule has 0 unspecified atom stereocenters. The zero-order chi connectivity index (χ0) is 15.2. The van der Waals surface area contributed by atoms with Crippen molar-refractivity contribution in [2.75, 3.05) is 39.2 Å². The second-order valence-corrected chi connectivity index (χ2v) is 5.48. The van der Waals surface area contributed by atoms with Crippen LogP contribution in [0.5, 0.6) is 0 Å². The number of halogens is 1. The average Bonchev–Trinajstić information content (AvgIpc) is 2.84. The zero-order valence-electron chi connectivity index (χ0n) is 12.2. The summed E-state index contributed by atoms with van der Waals surface area (Å²) < 4.78 is 10.6. The standard InChI is InChI=1S/C14H20ClN3O3/c1-20-9-11-5-12(21-2)7-18(11)8-14(19)17-13-4-3-10(15)6-16-13/h3-4,6,11-12H,5,7-9H2,1-2H3,(H,16,17,19)/t11-,12-/m0/s1. The number of nitrogens with one attached hydrogen (secondary N) is 1. The molecule has 1 amide bonds. The number of hydrogen-bond donors (Lipinski definition) is 1. The minimum atomic E-state index is -0.109. The predicted octanol–water partition coefficient (Wildman–Crippen LogP) is 1.41. The Bertz CT molecular complexity index is 469. The summed E-state index contributed by atoms with van der Waals surface area (Å²) >= 11 is 5.76. The van der Waals surface area contributed by atoms with Gasteiger partial charge in [-0.25, -0.2) is 4.98 Å². The van der Waals surface area contributed by atoms with Crippen LogP contribution in [0.4, 0.5) is 5.82 Å². The molecule has 0 saturated carbocycles. The molecule has 7 heteroatoms. The summed E-state index contributed by atoms with van der Waals surface area (Å²) in [6, 6.07) is 3.56. The van der Waals surface area contributed by atoms with Crippen molar-refractivity contribution >= 4 is 23.3 Å². The number of carbonyl (C=O) groups is 1. The predicted molar refractivity (Wildman–Crippen MR) is 80.5 cm³/mol. The Morgan fingerprint density at radius 3 is 2.95 bits per heavy atom. The molecule has 6 nitrogen and oxygen atoms in total. The van der Waals surface area contributed by atoms with Gasteiger partial charge >= 0.3 is 0 Å². The molecule has 1 aromatic heterocycles. The third-order valence-corrected chi connectivity index (χ3v) is 3.75. The second-order valence-electron chi connectivity index (χ2n) is 5.04. The van der Waals surface area contributed by atoms with Gasteiger partial charge in [-0.2, -0.15) is 0 Å². The molecule has 116 valence electrons. The van der Waals surface area contributed by atoms with Crippen LogP contribution in [0, 0.1) is 0 Å². The van der Waals surface area contributed by atoms with E-state index in [4.69, 9.17) is 21.1 Å². The third kappa shape index (κ3) is 4.64. The van der Waals surface area contributed by atoms with Crippen molar-refractivity contribution in [3.05, 3.63) is 23.4 Å². The summed E-state index contributed by atoms with van der Waals surface area (Å²) in [6.45, 7) is 1.61. The van der Waals surface area contributed by atoms with Crippen molar-refractivity contribution in [3.63, 3.8) is 0 Å². The summed E-state index contributed by atoms with van der Waals surface area (Å²) in [5.74, 6) is 0.387. The molecule has 2 rings (SSSR count). The lowest BCUT2D eigenvalue weighted by molar-refractivity contribution is -0.117. The Morgan fingerprint density at radius 1 is 1.52 bits per heavy atom. The summed E-state index contributed by atoms with van der Waals surface area (Å²) in [7, 11) is 3.35. The smallest absolute Gasteiger partial charge is 0.239 e. The van der Waals surface area contributed by atoms with Gasteiger partial charge in [0.2, 0.25) is 5.91 Å². The maximum atomic E-state index is 12.1. The number of likely N-dealkylation sites (tertiary alicyclic amines) is 1. The van der Waals surface area contributed by atoms with Gasteiger partial charge in [-0.05, 0) is 18.6 Å². The van der Waals surface area contributed by atoms with E-state index in [-0.39, 0.29) is 24.6 Å². The number of carbonyl (C=O) groups excluding carboxylic acids is 1. The summed E-state index contributed by atoms with van der Waals surface area (Å²) in [5.41, 5.74) is 0. The summed E-state index contributed by atoms with van der Waals surface area (Å²) in [4.78, 5) is 18.2. The van der Waals surface area contributed by atoms with E-state index in [1.165, 1.54) is 6.20 Å². The summed E-state index contributed by atoms with van der Waals surface area (Å²) in [5, 5.41) is 3.30. The molecule has 1 aliphatic rings. The number of rotatable bonds is 6. The Labute approximate surface area is 129 Å². The van der Waals surface area contributed by atoms with Crippen LogP contribution in [0.2, 0.25) is 5.02 Å². The first kappa shape index (κ1) is 16.2. The fraction of sp³-hybridized carbons (Fsp3) is 0.571. The number of ether oxygens (including phenoxy) is 2. The monoisotopic (exact) mass is 313 g/mol.